The molecule has 2 aliphatic heterocycles. The summed E-state index contributed by atoms with van der Waals surface area (Å²) in [5, 5.41) is 1.16. The van der Waals surface area contributed by atoms with Crippen molar-refractivity contribution in [3.05, 3.63) is 30.6 Å². The third kappa shape index (κ3) is 4.57. The topological polar surface area (TPSA) is 44.7 Å². The highest BCUT2D eigenvalue weighted by molar-refractivity contribution is 5.89. The fourth-order valence-electron chi connectivity index (χ4n) is 4.36. The molecule has 0 radical (unpaired) electrons. The lowest BCUT2D eigenvalue weighted by molar-refractivity contribution is 0.105. The highest BCUT2D eigenvalue weighted by Crippen LogP contribution is 2.24. The van der Waals surface area contributed by atoms with Crippen LogP contribution in [0.5, 0.6) is 0 Å². The van der Waals surface area contributed by atoms with Gasteiger partial charge in [-0.2, -0.15) is 0 Å². The lowest BCUT2D eigenvalue weighted by atomic mass is 9.96. The second-order valence-electron chi connectivity index (χ2n) is 7.78. The van der Waals surface area contributed by atoms with Crippen LogP contribution < -0.4 is 4.90 Å². The zero-order valence-corrected chi connectivity index (χ0v) is 16.4. The van der Waals surface area contributed by atoms with Crippen molar-refractivity contribution in [2.24, 2.45) is 5.92 Å². The quantitative estimate of drug-likeness (QED) is 0.777. The lowest BCUT2D eigenvalue weighted by Crippen LogP contribution is -2.49. The van der Waals surface area contributed by atoms with Crippen molar-refractivity contribution in [3.63, 3.8) is 0 Å². The van der Waals surface area contributed by atoms with E-state index in [-0.39, 0.29) is 0 Å². The molecule has 0 spiro atoms. The number of likely N-dealkylation sites (tertiary alicyclic amines) is 1. The number of fused-ring (bicyclic) bond motifs is 1. The zero-order valence-electron chi connectivity index (χ0n) is 16.4. The van der Waals surface area contributed by atoms with Gasteiger partial charge in [0.25, 0.3) is 0 Å². The molecule has 2 saturated heterocycles. The molecule has 1 aromatic heterocycles. The van der Waals surface area contributed by atoms with Crippen LogP contribution in [0.4, 0.5) is 5.82 Å². The fraction of sp³-hybridized carbons (Fsp3) is 0.619. The molecule has 1 aromatic carbocycles. The van der Waals surface area contributed by atoms with Gasteiger partial charge in [0.15, 0.2) is 0 Å². The van der Waals surface area contributed by atoms with E-state index in [1.807, 2.05) is 6.07 Å². The van der Waals surface area contributed by atoms with Gasteiger partial charge in [-0.05, 0) is 44.0 Å². The van der Waals surface area contributed by atoms with Gasteiger partial charge in [0.2, 0.25) is 0 Å². The van der Waals surface area contributed by atoms with Crippen LogP contribution in [0.15, 0.2) is 30.6 Å². The molecule has 0 amide bonds. The molecule has 6 heteroatoms. The number of ether oxygens (including phenoxy) is 1. The van der Waals surface area contributed by atoms with E-state index < -0.39 is 0 Å². The minimum absolute atomic E-state index is 0.843. The standard InChI is InChI=1S/C21H31N5O/c1-27-15-14-24-8-6-18(7-9-24)16-25-10-12-26(13-11-25)21-19-4-2-3-5-20(19)22-17-23-21/h2-5,17-18H,6-16H2,1H3. The Bertz CT molecular complexity index is 718. The molecule has 0 bridgehead atoms. The van der Waals surface area contributed by atoms with Crippen LogP contribution in [-0.4, -0.2) is 85.8 Å². The van der Waals surface area contributed by atoms with Crippen molar-refractivity contribution >= 4 is 16.7 Å². The van der Waals surface area contributed by atoms with Gasteiger partial charge in [-0.1, -0.05) is 12.1 Å². The van der Waals surface area contributed by atoms with E-state index in [1.165, 1.54) is 32.5 Å². The lowest BCUT2D eigenvalue weighted by Gasteiger charge is -2.39. The van der Waals surface area contributed by atoms with E-state index >= 15 is 0 Å². The molecule has 146 valence electrons. The molecule has 0 unspecified atom stereocenters. The van der Waals surface area contributed by atoms with Gasteiger partial charge in [-0.15, -0.1) is 0 Å². The van der Waals surface area contributed by atoms with Gasteiger partial charge in [-0.25, -0.2) is 9.97 Å². The van der Waals surface area contributed by atoms with Crippen LogP contribution in [-0.2, 0) is 4.74 Å². The highest BCUT2D eigenvalue weighted by Gasteiger charge is 2.24. The number of hydrogen-bond acceptors (Lipinski definition) is 6. The van der Waals surface area contributed by atoms with Gasteiger partial charge in [-0.3, -0.25) is 4.90 Å². The normalized spacial score (nSPS) is 20.4. The third-order valence-electron chi connectivity index (χ3n) is 6.03. The summed E-state index contributed by atoms with van der Waals surface area (Å²) >= 11 is 0. The Labute approximate surface area is 162 Å². The molecule has 3 heterocycles. The number of hydrogen-bond donors (Lipinski definition) is 0. The molecule has 6 nitrogen and oxygen atoms in total. The van der Waals surface area contributed by atoms with Gasteiger partial charge in [0, 0.05) is 51.8 Å². The maximum Gasteiger partial charge on any atom is 0.139 e. The number of para-hydroxylation sites is 1. The van der Waals surface area contributed by atoms with E-state index in [2.05, 4.69) is 42.9 Å². The van der Waals surface area contributed by atoms with Crippen molar-refractivity contribution in [2.45, 2.75) is 12.8 Å². The predicted molar refractivity (Wildman–Crippen MR) is 109 cm³/mol. The van der Waals surface area contributed by atoms with Crippen LogP contribution in [0, 0.1) is 5.92 Å². The summed E-state index contributed by atoms with van der Waals surface area (Å²) in [5.74, 6) is 1.93. The molecule has 2 fully saturated rings. The molecule has 0 atom stereocenters. The van der Waals surface area contributed by atoms with Gasteiger partial charge >= 0.3 is 0 Å². The van der Waals surface area contributed by atoms with E-state index in [0.717, 1.165) is 62.0 Å². The number of piperazine rings is 1. The molecule has 0 saturated carbocycles. The first kappa shape index (κ1) is 18.6. The minimum Gasteiger partial charge on any atom is -0.383 e. The summed E-state index contributed by atoms with van der Waals surface area (Å²) < 4.78 is 5.20. The van der Waals surface area contributed by atoms with Crippen LogP contribution in [0.1, 0.15) is 12.8 Å². The van der Waals surface area contributed by atoms with Gasteiger partial charge in [0.05, 0.1) is 12.1 Å². The fourth-order valence-corrected chi connectivity index (χ4v) is 4.36. The minimum atomic E-state index is 0.843. The number of rotatable bonds is 6. The van der Waals surface area contributed by atoms with Crippen molar-refractivity contribution in [1.82, 2.24) is 19.8 Å². The van der Waals surface area contributed by atoms with Crippen LogP contribution in [0.25, 0.3) is 10.9 Å². The molecule has 2 aromatic rings. The number of nitrogens with zero attached hydrogens (tertiary/aromatic N) is 5. The summed E-state index contributed by atoms with van der Waals surface area (Å²) in [6, 6.07) is 8.31. The molecular formula is C21H31N5O. The molecule has 27 heavy (non-hydrogen) atoms. The SMILES string of the molecule is COCCN1CCC(CN2CCN(c3ncnc4ccccc34)CC2)CC1. The van der Waals surface area contributed by atoms with Crippen molar-refractivity contribution in [1.29, 1.82) is 0 Å². The first-order valence-electron chi connectivity index (χ1n) is 10.2. The van der Waals surface area contributed by atoms with E-state index in [4.69, 9.17) is 4.74 Å². The number of benzene rings is 1. The van der Waals surface area contributed by atoms with Crippen LogP contribution in [0.2, 0.25) is 0 Å². The third-order valence-corrected chi connectivity index (χ3v) is 6.03. The van der Waals surface area contributed by atoms with Crippen molar-refractivity contribution in [3.8, 4) is 0 Å². The van der Waals surface area contributed by atoms with Crippen LogP contribution in [0.3, 0.4) is 0 Å². The zero-order chi connectivity index (χ0) is 18.5. The predicted octanol–water partition coefficient (Wildman–Crippen LogP) is 2.11. The molecule has 4 rings (SSSR count). The molecule has 0 aliphatic carbocycles. The number of anilines is 1. The van der Waals surface area contributed by atoms with E-state index in [9.17, 15) is 0 Å². The first-order valence-corrected chi connectivity index (χ1v) is 10.2. The van der Waals surface area contributed by atoms with Crippen molar-refractivity contribution in [2.75, 3.05) is 71.0 Å². The summed E-state index contributed by atoms with van der Waals surface area (Å²) in [4.78, 5) is 16.6. The highest BCUT2D eigenvalue weighted by atomic mass is 16.5. The van der Waals surface area contributed by atoms with Crippen LogP contribution >= 0.6 is 0 Å². The Morgan fingerprint density at radius 3 is 2.52 bits per heavy atom. The summed E-state index contributed by atoms with van der Waals surface area (Å²) in [5.41, 5.74) is 1.03. The molecular weight excluding hydrogens is 338 g/mol. The van der Waals surface area contributed by atoms with Crippen molar-refractivity contribution < 1.29 is 4.74 Å². The van der Waals surface area contributed by atoms with Gasteiger partial charge < -0.3 is 14.5 Å². The number of methoxy groups -OCH3 is 1. The summed E-state index contributed by atoms with van der Waals surface area (Å²) in [6.45, 7) is 9.98. The summed E-state index contributed by atoms with van der Waals surface area (Å²) in [6.07, 6.45) is 4.34. The van der Waals surface area contributed by atoms with E-state index in [1.54, 1.807) is 13.4 Å². The Morgan fingerprint density at radius 1 is 0.963 bits per heavy atom. The molecule has 2 aliphatic rings. The first-order chi connectivity index (χ1) is 13.3. The maximum absolute atomic E-state index is 5.20. The average molecular weight is 370 g/mol. The maximum atomic E-state index is 5.20. The second-order valence-corrected chi connectivity index (χ2v) is 7.78. The number of aromatic nitrogens is 2. The Balaban J connectivity index is 1.27. The molecule has 0 N–H and O–H groups in total. The Kier molecular flexibility index (Phi) is 6.17. The van der Waals surface area contributed by atoms with Gasteiger partial charge in [0.1, 0.15) is 12.1 Å². The largest absolute Gasteiger partial charge is 0.383 e. The average Bonchev–Trinajstić information content (AvgIpc) is 2.73. The summed E-state index contributed by atoms with van der Waals surface area (Å²) in [7, 11) is 1.79. The Hall–Kier alpha value is -1.76. The second kappa shape index (κ2) is 8.95. The number of piperidine rings is 1. The Morgan fingerprint density at radius 2 is 1.74 bits per heavy atom. The van der Waals surface area contributed by atoms with E-state index in [0.29, 0.717) is 0 Å². The smallest absolute Gasteiger partial charge is 0.139 e. The monoisotopic (exact) mass is 369 g/mol.